The van der Waals surface area contributed by atoms with E-state index < -0.39 is 12.0 Å². The number of amides is 1. The van der Waals surface area contributed by atoms with Crippen LogP contribution in [0.15, 0.2) is 0 Å². The van der Waals surface area contributed by atoms with E-state index in [1.165, 1.54) is 0 Å². The fourth-order valence-electron chi connectivity index (χ4n) is 3.66. The molecule has 0 bridgehead atoms. The van der Waals surface area contributed by atoms with Crippen molar-refractivity contribution in [2.75, 3.05) is 26.4 Å². The lowest BCUT2D eigenvalue weighted by molar-refractivity contribution is -0.133. The fraction of sp³-hybridized carbons (Fsp3) is 0.696. The Morgan fingerprint density at radius 3 is 2.23 bits per heavy atom. The van der Waals surface area contributed by atoms with Crippen LogP contribution in [0.5, 0.6) is 0 Å². The molecular weight excluding hydrogens is 384 g/mol. The van der Waals surface area contributed by atoms with Crippen LogP contribution in [0.25, 0.3) is 0 Å². The van der Waals surface area contributed by atoms with E-state index in [0.29, 0.717) is 55.1 Å². The van der Waals surface area contributed by atoms with Gasteiger partial charge in [-0.2, -0.15) is 0 Å². The highest BCUT2D eigenvalue weighted by Crippen LogP contribution is 2.25. The molecule has 1 heterocycles. The molecule has 1 amide bonds. The van der Waals surface area contributed by atoms with Gasteiger partial charge in [-0.1, -0.05) is 13.8 Å². The van der Waals surface area contributed by atoms with Gasteiger partial charge in [-0.05, 0) is 52.5 Å². The van der Waals surface area contributed by atoms with Crippen LogP contribution >= 0.6 is 0 Å². The van der Waals surface area contributed by atoms with Gasteiger partial charge >= 0.3 is 5.97 Å². The van der Waals surface area contributed by atoms with Crippen LogP contribution in [0.3, 0.4) is 0 Å². The van der Waals surface area contributed by atoms with Gasteiger partial charge in [-0.15, -0.1) is 0 Å². The number of esters is 1. The van der Waals surface area contributed by atoms with Crippen molar-refractivity contribution in [3.8, 4) is 0 Å². The molecule has 170 valence electrons. The molecular formula is C23H38N2O5. The topological polar surface area (TPSA) is 77.8 Å². The van der Waals surface area contributed by atoms with E-state index in [2.05, 4.69) is 0 Å². The maximum atomic E-state index is 13.5. The van der Waals surface area contributed by atoms with Gasteiger partial charge in [-0.25, -0.2) is 4.79 Å². The second-order valence-electron chi connectivity index (χ2n) is 7.99. The molecule has 0 fully saturated rings. The molecule has 0 spiro atoms. The van der Waals surface area contributed by atoms with Crippen LogP contribution in [0.1, 0.15) is 79.6 Å². The number of ether oxygens (including phenoxy) is 2. The van der Waals surface area contributed by atoms with Crippen molar-refractivity contribution in [1.82, 2.24) is 9.47 Å². The van der Waals surface area contributed by atoms with Crippen molar-refractivity contribution in [2.24, 2.45) is 13.0 Å². The lowest BCUT2D eigenvalue weighted by Gasteiger charge is -2.29. The second-order valence-corrected chi connectivity index (χ2v) is 7.99. The van der Waals surface area contributed by atoms with Crippen LogP contribution in [0.2, 0.25) is 0 Å². The van der Waals surface area contributed by atoms with E-state index in [1.807, 2.05) is 27.7 Å². The SMILES string of the molecule is CCOCCCN(C(=O)CC(C)C)C(C)C(=O)c1c(C)c(C(=O)OCC)n(C)c1C. The van der Waals surface area contributed by atoms with Gasteiger partial charge in [0, 0.05) is 44.5 Å². The number of carbonyl (C=O) groups is 3. The molecule has 0 aromatic carbocycles. The first-order chi connectivity index (χ1) is 14.1. The summed E-state index contributed by atoms with van der Waals surface area (Å²) >= 11 is 0. The summed E-state index contributed by atoms with van der Waals surface area (Å²) in [6.07, 6.45) is 1.04. The third kappa shape index (κ3) is 6.17. The Morgan fingerprint density at radius 2 is 1.70 bits per heavy atom. The van der Waals surface area contributed by atoms with Gasteiger partial charge in [0.2, 0.25) is 5.91 Å². The van der Waals surface area contributed by atoms with E-state index in [9.17, 15) is 14.4 Å². The average Bonchev–Trinajstić information content (AvgIpc) is 2.89. The normalized spacial score (nSPS) is 12.2. The third-order valence-corrected chi connectivity index (χ3v) is 5.29. The van der Waals surface area contributed by atoms with Crippen molar-refractivity contribution in [3.63, 3.8) is 0 Å². The Kier molecular flexibility index (Phi) is 10.3. The van der Waals surface area contributed by atoms with Crippen molar-refractivity contribution < 1.29 is 23.9 Å². The molecule has 0 saturated carbocycles. The number of hydrogen-bond donors (Lipinski definition) is 0. The van der Waals surface area contributed by atoms with E-state index in [4.69, 9.17) is 9.47 Å². The zero-order chi connectivity index (χ0) is 23.0. The predicted molar refractivity (Wildman–Crippen MR) is 117 cm³/mol. The molecule has 1 rings (SSSR count). The lowest BCUT2D eigenvalue weighted by Crippen LogP contribution is -2.44. The summed E-state index contributed by atoms with van der Waals surface area (Å²) in [6.45, 7) is 14.9. The molecule has 30 heavy (non-hydrogen) atoms. The Labute approximate surface area is 180 Å². The zero-order valence-corrected chi connectivity index (χ0v) is 19.8. The van der Waals surface area contributed by atoms with E-state index in [-0.39, 0.29) is 24.2 Å². The molecule has 0 aliphatic heterocycles. The molecule has 7 heteroatoms. The first kappa shape index (κ1) is 25.9. The first-order valence-corrected chi connectivity index (χ1v) is 10.8. The van der Waals surface area contributed by atoms with Crippen molar-refractivity contribution in [2.45, 2.75) is 67.3 Å². The van der Waals surface area contributed by atoms with Gasteiger partial charge in [0.1, 0.15) is 5.69 Å². The van der Waals surface area contributed by atoms with Crippen LogP contribution in [0.4, 0.5) is 0 Å². The van der Waals surface area contributed by atoms with Crippen LogP contribution in [-0.2, 0) is 21.3 Å². The van der Waals surface area contributed by atoms with Crippen LogP contribution in [0, 0.1) is 19.8 Å². The molecule has 0 aliphatic carbocycles. The smallest absolute Gasteiger partial charge is 0.355 e. The summed E-state index contributed by atoms with van der Waals surface area (Å²) in [6, 6.07) is -0.632. The number of hydrogen-bond acceptors (Lipinski definition) is 5. The minimum Gasteiger partial charge on any atom is -0.461 e. The van der Waals surface area contributed by atoms with E-state index in [1.54, 1.807) is 37.3 Å². The first-order valence-electron chi connectivity index (χ1n) is 10.8. The number of Topliss-reactive ketones (excluding diaryl/α,β-unsaturated/α-hetero) is 1. The Morgan fingerprint density at radius 1 is 1.07 bits per heavy atom. The quantitative estimate of drug-likeness (QED) is 0.292. The molecule has 0 saturated heterocycles. The maximum absolute atomic E-state index is 13.5. The number of ketones is 1. The standard InChI is InChI=1S/C23H38N2O5/c1-9-29-13-11-12-25(19(26)14-15(3)4)18(7)22(27)20-16(5)21(23(28)30-10-2)24(8)17(20)6/h15,18H,9-14H2,1-8H3. The zero-order valence-electron chi connectivity index (χ0n) is 19.8. The summed E-state index contributed by atoms with van der Waals surface area (Å²) in [5.41, 5.74) is 2.15. The highest BCUT2D eigenvalue weighted by atomic mass is 16.5. The molecule has 0 N–H and O–H groups in total. The van der Waals surface area contributed by atoms with Crippen LogP contribution < -0.4 is 0 Å². The van der Waals surface area contributed by atoms with Crippen molar-refractivity contribution >= 4 is 17.7 Å². The van der Waals surface area contributed by atoms with E-state index in [0.717, 1.165) is 0 Å². The fourth-order valence-corrected chi connectivity index (χ4v) is 3.66. The molecule has 1 atom stereocenters. The lowest BCUT2D eigenvalue weighted by atomic mass is 9.99. The summed E-state index contributed by atoms with van der Waals surface area (Å²) in [5, 5.41) is 0. The van der Waals surface area contributed by atoms with Gasteiger partial charge < -0.3 is 18.9 Å². The largest absolute Gasteiger partial charge is 0.461 e. The summed E-state index contributed by atoms with van der Waals surface area (Å²) < 4.78 is 12.2. The molecule has 0 radical (unpaired) electrons. The highest BCUT2D eigenvalue weighted by Gasteiger charge is 2.32. The van der Waals surface area contributed by atoms with Gasteiger partial charge in [-0.3, -0.25) is 9.59 Å². The maximum Gasteiger partial charge on any atom is 0.355 e. The second kappa shape index (κ2) is 11.9. The molecule has 7 nitrogen and oxygen atoms in total. The summed E-state index contributed by atoms with van der Waals surface area (Å²) in [4.78, 5) is 40.4. The van der Waals surface area contributed by atoms with Crippen molar-refractivity contribution in [3.05, 3.63) is 22.5 Å². The molecule has 1 aromatic heterocycles. The monoisotopic (exact) mass is 422 g/mol. The van der Waals surface area contributed by atoms with E-state index >= 15 is 0 Å². The summed E-state index contributed by atoms with van der Waals surface area (Å²) in [5.74, 6) is -0.453. The van der Waals surface area contributed by atoms with Gasteiger partial charge in [0.15, 0.2) is 5.78 Å². The predicted octanol–water partition coefficient (Wildman–Crippen LogP) is 3.69. The Bertz CT molecular complexity index is 751. The molecule has 1 aromatic rings. The van der Waals surface area contributed by atoms with Gasteiger partial charge in [0.25, 0.3) is 0 Å². The average molecular weight is 423 g/mol. The van der Waals surface area contributed by atoms with Gasteiger partial charge in [0.05, 0.1) is 12.6 Å². The van der Waals surface area contributed by atoms with Crippen molar-refractivity contribution in [1.29, 1.82) is 0 Å². The number of carbonyl (C=O) groups excluding carboxylic acids is 3. The van der Waals surface area contributed by atoms with Crippen LogP contribution in [-0.4, -0.2) is 59.5 Å². The number of nitrogens with zero attached hydrogens (tertiary/aromatic N) is 2. The minimum atomic E-state index is -0.632. The number of aromatic nitrogens is 1. The molecule has 0 aliphatic rings. The number of rotatable bonds is 12. The Balaban J connectivity index is 3.22. The third-order valence-electron chi connectivity index (χ3n) is 5.29. The molecule has 1 unspecified atom stereocenters. The minimum absolute atomic E-state index is 0.0424. The Hall–Kier alpha value is -2.15. The summed E-state index contributed by atoms with van der Waals surface area (Å²) in [7, 11) is 1.75. The highest BCUT2D eigenvalue weighted by molar-refractivity contribution is 6.06.